The SMILES string of the molecule is Cc1cc(Nc2ncc(Cl)c(Nc3cc4c(cc3N(C)S(C)(=O)=O)CCO4)n2)c(Cl)cc1N1CCC(N2CCN(C)CC2)CC1. The lowest BCUT2D eigenvalue weighted by atomic mass is 10.0. The van der Waals surface area contributed by atoms with E-state index in [0.29, 0.717) is 58.7 Å². The summed E-state index contributed by atoms with van der Waals surface area (Å²) >= 11 is 13.3. The lowest BCUT2D eigenvalue weighted by Crippen LogP contribution is -2.52. The van der Waals surface area contributed by atoms with Gasteiger partial charge in [-0.2, -0.15) is 4.98 Å². The van der Waals surface area contributed by atoms with Crippen molar-refractivity contribution in [3.05, 3.63) is 51.6 Å². The van der Waals surface area contributed by atoms with E-state index in [0.717, 1.165) is 75.2 Å². The molecule has 3 aliphatic rings. The first kappa shape index (κ1) is 31.9. The molecule has 2 fully saturated rings. The Kier molecular flexibility index (Phi) is 9.22. The number of halogens is 2. The molecule has 6 rings (SSSR count). The monoisotopic (exact) mass is 674 g/mol. The fraction of sp³-hybridized carbons (Fsp3) is 0.484. The summed E-state index contributed by atoms with van der Waals surface area (Å²) in [5, 5.41) is 7.28. The van der Waals surface area contributed by atoms with Gasteiger partial charge in [-0.05, 0) is 56.1 Å². The van der Waals surface area contributed by atoms with Gasteiger partial charge in [-0.25, -0.2) is 13.4 Å². The highest BCUT2D eigenvalue weighted by Gasteiger charge is 2.28. The van der Waals surface area contributed by atoms with Crippen molar-refractivity contribution >= 4 is 67.7 Å². The first-order chi connectivity index (χ1) is 21.5. The van der Waals surface area contributed by atoms with Crippen LogP contribution < -0.4 is 24.6 Å². The number of nitrogens with one attached hydrogen (secondary N) is 2. The van der Waals surface area contributed by atoms with Crippen LogP contribution in [0.25, 0.3) is 0 Å². The maximum atomic E-state index is 12.4. The average Bonchev–Trinajstić information content (AvgIpc) is 3.47. The fourth-order valence-corrected chi connectivity index (χ4v) is 7.13. The predicted molar refractivity (Wildman–Crippen MR) is 183 cm³/mol. The molecule has 14 heteroatoms. The fourth-order valence-electron chi connectivity index (χ4n) is 6.28. The zero-order valence-electron chi connectivity index (χ0n) is 26.1. The molecule has 0 aliphatic carbocycles. The summed E-state index contributed by atoms with van der Waals surface area (Å²) < 4.78 is 31.8. The first-order valence-electron chi connectivity index (χ1n) is 15.2. The van der Waals surface area contributed by atoms with Gasteiger partial charge in [-0.3, -0.25) is 9.21 Å². The van der Waals surface area contributed by atoms with E-state index in [4.69, 9.17) is 27.9 Å². The summed E-state index contributed by atoms with van der Waals surface area (Å²) in [7, 11) is 0.183. The van der Waals surface area contributed by atoms with E-state index in [-0.39, 0.29) is 5.02 Å². The van der Waals surface area contributed by atoms with Crippen molar-refractivity contribution in [3.63, 3.8) is 0 Å². The molecule has 45 heavy (non-hydrogen) atoms. The van der Waals surface area contributed by atoms with E-state index in [1.165, 1.54) is 17.5 Å². The van der Waals surface area contributed by atoms with E-state index >= 15 is 0 Å². The van der Waals surface area contributed by atoms with Crippen LogP contribution in [0.2, 0.25) is 10.0 Å². The Morgan fingerprint density at radius 1 is 0.978 bits per heavy atom. The summed E-state index contributed by atoms with van der Waals surface area (Å²) in [5.41, 5.74) is 4.83. The molecule has 11 nitrogen and oxygen atoms in total. The lowest BCUT2D eigenvalue weighted by molar-refractivity contribution is 0.0982. The largest absolute Gasteiger partial charge is 0.493 e. The molecule has 1 aromatic heterocycles. The third-order valence-electron chi connectivity index (χ3n) is 9.03. The van der Waals surface area contributed by atoms with E-state index in [2.05, 4.69) is 49.3 Å². The Balaban J connectivity index is 1.18. The van der Waals surface area contributed by atoms with Crippen molar-refractivity contribution in [2.24, 2.45) is 0 Å². The number of rotatable bonds is 8. The van der Waals surface area contributed by atoms with Gasteiger partial charge in [0.15, 0.2) is 5.82 Å². The normalized spacial score (nSPS) is 18.0. The number of fused-ring (bicyclic) bond motifs is 1. The van der Waals surface area contributed by atoms with Crippen molar-refractivity contribution in [1.29, 1.82) is 0 Å². The molecule has 0 saturated carbocycles. The number of hydrogen-bond donors (Lipinski definition) is 2. The lowest BCUT2D eigenvalue weighted by Gasteiger charge is -2.43. The van der Waals surface area contributed by atoms with Gasteiger partial charge in [-0.15, -0.1) is 0 Å². The average molecular weight is 676 g/mol. The smallest absolute Gasteiger partial charge is 0.232 e. The topological polar surface area (TPSA) is 106 Å². The number of sulfonamides is 1. The Morgan fingerprint density at radius 3 is 2.42 bits per heavy atom. The Morgan fingerprint density at radius 2 is 1.71 bits per heavy atom. The van der Waals surface area contributed by atoms with E-state index in [9.17, 15) is 8.42 Å². The molecular weight excluding hydrogens is 635 g/mol. The molecule has 0 unspecified atom stereocenters. The highest BCUT2D eigenvalue weighted by atomic mass is 35.5. The third-order valence-corrected chi connectivity index (χ3v) is 10.8. The van der Waals surface area contributed by atoms with Gasteiger partial charge >= 0.3 is 0 Å². The molecular formula is C31H40Cl2N8O3S. The molecule has 2 aromatic carbocycles. The molecule has 0 spiro atoms. The van der Waals surface area contributed by atoms with Gasteiger partial charge in [0.1, 0.15) is 10.8 Å². The zero-order valence-corrected chi connectivity index (χ0v) is 28.4. The van der Waals surface area contributed by atoms with Crippen molar-refractivity contribution in [1.82, 2.24) is 19.8 Å². The number of anilines is 6. The van der Waals surface area contributed by atoms with Crippen LogP contribution in [0, 0.1) is 6.92 Å². The summed E-state index contributed by atoms with van der Waals surface area (Å²) in [5.74, 6) is 1.29. The summed E-state index contributed by atoms with van der Waals surface area (Å²) in [6.07, 6.45) is 5.65. The van der Waals surface area contributed by atoms with Crippen LogP contribution in [0.1, 0.15) is 24.0 Å². The van der Waals surface area contributed by atoms with Crippen LogP contribution in [-0.2, 0) is 16.4 Å². The van der Waals surface area contributed by atoms with Crippen LogP contribution in [0.5, 0.6) is 5.75 Å². The van der Waals surface area contributed by atoms with Crippen LogP contribution in [0.4, 0.5) is 34.5 Å². The zero-order chi connectivity index (χ0) is 31.9. The molecule has 0 atom stereocenters. The number of piperazine rings is 1. The van der Waals surface area contributed by atoms with E-state index < -0.39 is 10.0 Å². The van der Waals surface area contributed by atoms with Crippen LogP contribution in [-0.4, -0.2) is 100 Å². The second kappa shape index (κ2) is 13.0. The summed E-state index contributed by atoms with van der Waals surface area (Å²) in [4.78, 5) is 16.5. The predicted octanol–water partition coefficient (Wildman–Crippen LogP) is 5.13. The molecule has 2 N–H and O–H groups in total. The van der Waals surface area contributed by atoms with Crippen molar-refractivity contribution < 1.29 is 13.2 Å². The van der Waals surface area contributed by atoms with Gasteiger partial charge < -0.3 is 25.2 Å². The number of aryl methyl sites for hydroxylation is 1. The van der Waals surface area contributed by atoms with Crippen molar-refractivity contribution in [2.75, 3.05) is 86.1 Å². The van der Waals surface area contributed by atoms with Gasteiger partial charge in [0, 0.05) is 70.5 Å². The Labute approximate surface area is 275 Å². The molecule has 0 amide bonds. The maximum absolute atomic E-state index is 12.4. The number of benzene rings is 2. The Bertz CT molecular complexity index is 1680. The minimum absolute atomic E-state index is 0.271. The quantitative estimate of drug-likeness (QED) is 0.334. The van der Waals surface area contributed by atoms with Crippen LogP contribution in [0.3, 0.4) is 0 Å². The van der Waals surface area contributed by atoms with Crippen LogP contribution >= 0.6 is 23.2 Å². The van der Waals surface area contributed by atoms with Crippen molar-refractivity contribution in [3.8, 4) is 5.75 Å². The minimum atomic E-state index is -3.53. The van der Waals surface area contributed by atoms with E-state index in [1.807, 2.05) is 18.2 Å². The minimum Gasteiger partial charge on any atom is -0.493 e. The summed E-state index contributed by atoms with van der Waals surface area (Å²) in [6, 6.07) is 8.27. The molecule has 0 bridgehead atoms. The summed E-state index contributed by atoms with van der Waals surface area (Å²) in [6.45, 7) is 9.21. The maximum Gasteiger partial charge on any atom is 0.232 e. The molecule has 242 valence electrons. The molecule has 2 saturated heterocycles. The van der Waals surface area contributed by atoms with Crippen LogP contribution in [0.15, 0.2) is 30.5 Å². The highest BCUT2D eigenvalue weighted by molar-refractivity contribution is 7.92. The number of nitrogens with zero attached hydrogens (tertiary/aromatic N) is 6. The molecule has 0 radical (unpaired) electrons. The van der Waals surface area contributed by atoms with Crippen molar-refractivity contribution in [2.45, 2.75) is 32.2 Å². The molecule has 3 aliphatic heterocycles. The number of piperidine rings is 1. The van der Waals surface area contributed by atoms with Gasteiger partial charge in [0.05, 0.1) is 41.1 Å². The number of aromatic nitrogens is 2. The van der Waals surface area contributed by atoms with E-state index in [1.54, 1.807) is 6.07 Å². The second-order valence-electron chi connectivity index (χ2n) is 12.1. The second-order valence-corrected chi connectivity index (χ2v) is 15.0. The molecule has 4 heterocycles. The first-order valence-corrected chi connectivity index (χ1v) is 17.8. The third kappa shape index (κ3) is 7.05. The number of likely N-dealkylation sites (N-methyl/N-ethyl adjacent to an activating group) is 1. The molecule has 3 aromatic rings. The number of ether oxygens (including phenoxy) is 1. The van der Waals surface area contributed by atoms with Gasteiger partial charge in [0.2, 0.25) is 16.0 Å². The highest BCUT2D eigenvalue weighted by Crippen LogP contribution is 2.40. The van der Waals surface area contributed by atoms with Gasteiger partial charge in [0.25, 0.3) is 0 Å². The Hall–Kier alpha value is -3.03. The van der Waals surface area contributed by atoms with Gasteiger partial charge in [-0.1, -0.05) is 23.2 Å². The number of hydrogen-bond acceptors (Lipinski definition) is 10. The standard InChI is InChI=1S/C31H40Cl2N8O3S/c1-20-15-25(23(32)17-27(20)41-8-5-22(6-9-41)40-12-10-38(2)11-13-40)36-31-34-19-24(33)30(37-31)35-26-18-29-21(7-14-44-29)16-28(26)39(3)45(4,42)43/h15-19,22H,5-14H2,1-4H3,(H2,34,35,36,37).